The van der Waals surface area contributed by atoms with Crippen LogP contribution in [0, 0.1) is 22.7 Å². The fourth-order valence-electron chi connectivity index (χ4n) is 7.66. The van der Waals surface area contributed by atoms with Gasteiger partial charge in [0.2, 0.25) is 5.76 Å². The van der Waals surface area contributed by atoms with Crippen LogP contribution < -0.4 is 15.5 Å². The Bertz CT molecular complexity index is 1070. The molecule has 2 saturated carbocycles. The highest BCUT2D eigenvalue weighted by molar-refractivity contribution is 5.84. The molecule has 3 fully saturated rings. The molecule has 5 rings (SSSR count). The third-order valence-electron chi connectivity index (χ3n) is 9.49. The van der Waals surface area contributed by atoms with E-state index in [1.165, 1.54) is 0 Å². The molecule has 0 aromatic carbocycles. The van der Waals surface area contributed by atoms with Gasteiger partial charge < -0.3 is 24.3 Å². The van der Waals surface area contributed by atoms with Crippen LogP contribution in [0.4, 0.5) is 0 Å². The highest BCUT2D eigenvalue weighted by Crippen LogP contribution is 2.64. The van der Waals surface area contributed by atoms with E-state index >= 15 is 0 Å². The predicted molar refractivity (Wildman–Crippen MR) is 123 cm³/mol. The van der Waals surface area contributed by atoms with Crippen LogP contribution in [0.1, 0.15) is 82.3 Å². The Kier molecular flexibility index (Phi) is 5.39. The first-order chi connectivity index (χ1) is 16.0. The summed E-state index contributed by atoms with van der Waals surface area (Å²) in [4.78, 5) is 36.9. The van der Waals surface area contributed by atoms with Crippen molar-refractivity contribution in [1.29, 1.82) is 0 Å². The van der Waals surface area contributed by atoms with E-state index in [1.807, 2.05) is 0 Å². The largest absolute Gasteiger partial charge is 0.475 e. The third kappa shape index (κ3) is 3.48. The van der Waals surface area contributed by atoms with E-state index in [-0.39, 0.29) is 52.2 Å². The normalized spacial score (nSPS) is 38.1. The molecule has 0 radical (unpaired) electrons. The first kappa shape index (κ1) is 23.4. The van der Waals surface area contributed by atoms with E-state index in [4.69, 9.17) is 13.9 Å². The van der Waals surface area contributed by atoms with Gasteiger partial charge >= 0.3 is 11.9 Å². The molecule has 0 spiro atoms. The highest BCUT2D eigenvalue weighted by Gasteiger charge is 2.63. The van der Waals surface area contributed by atoms with Crippen LogP contribution in [0.25, 0.3) is 0 Å². The maximum Gasteiger partial charge on any atom is 0.372 e. The van der Waals surface area contributed by atoms with Crippen molar-refractivity contribution in [1.82, 2.24) is 5.32 Å². The Hall–Kier alpha value is -2.35. The summed E-state index contributed by atoms with van der Waals surface area (Å²) in [6, 6.07) is 0.851. The van der Waals surface area contributed by atoms with E-state index in [2.05, 4.69) is 33.0 Å². The number of carboxylic acids is 1. The number of nitrogens with one attached hydrogen (secondary N) is 1. The van der Waals surface area contributed by atoms with Crippen molar-refractivity contribution in [2.45, 2.75) is 90.4 Å². The topological polar surface area (TPSA) is 115 Å². The number of rotatable bonds is 3. The van der Waals surface area contributed by atoms with Gasteiger partial charge in [-0.25, -0.2) is 4.79 Å². The zero-order chi connectivity index (χ0) is 24.5. The van der Waals surface area contributed by atoms with Crippen molar-refractivity contribution in [3.05, 3.63) is 27.6 Å². The molecule has 1 saturated heterocycles. The predicted octanol–water partition coefficient (Wildman–Crippen LogP) is 3.55. The number of esters is 1. The summed E-state index contributed by atoms with van der Waals surface area (Å²) in [5.41, 5.74) is -0.828. The van der Waals surface area contributed by atoms with Crippen molar-refractivity contribution in [2.75, 3.05) is 6.54 Å². The van der Waals surface area contributed by atoms with Gasteiger partial charge in [-0.3, -0.25) is 9.59 Å². The van der Waals surface area contributed by atoms with Crippen LogP contribution in [0.15, 0.2) is 15.3 Å². The summed E-state index contributed by atoms with van der Waals surface area (Å²) in [5.74, 6) is -1.41. The lowest BCUT2D eigenvalue weighted by Crippen LogP contribution is -2.64. The number of aromatic carboxylic acids is 1. The SMILES string of the molecule is CC12CCC3C(C)(C)C(OC(=O)C4CCCN4)CCC3(C)C1Cc1c(oc(C(=O)O)cc1=O)O2. The summed E-state index contributed by atoms with van der Waals surface area (Å²) in [6.07, 6.45) is 5.46. The average molecular weight is 474 g/mol. The molecule has 0 bridgehead atoms. The highest BCUT2D eigenvalue weighted by atomic mass is 16.6. The smallest absolute Gasteiger partial charge is 0.372 e. The molecule has 0 amide bonds. The Morgan fingerprint density at radius 2 is 1.88 bits per heavy atom. The molecule has 4 aliphatic rings. The first-order valence-electron chi connectivity index (χ1n) is 12.5. The van der Waals surface area contributed by atoms with E-state index < -0.39 is 17.3 Å². The Morgan fingerprint density at radius 1 is 1.12 bits per heavy atom. The van der Waals surface area contributed by atoms with Gasteiger partial charge in [-0.2, -0.15) is 0 Å². The molecular formula is C26H35NO7. The molecule has 34 heavy (non-hydrogen) atoms. The zero-order valence-electron chi connectivity index (χ0n) is 20.4. The standard InChI is InChI=1S/C26H35NO7/c1-24(2)18-7-10-26(4)19(12-14-16(28)13-17(21(29)30)32-23(14)34-26)25(18,3)9-8-20(24)33-22(31)15-6-5-11-27-15/h13,15,18-20,27H,5-12H2,1-4H3,(H,29,30). The van der Waals surface area contributed by atoms with E-state index in [1.54, 1.807) is 0 Å². The van der Waals surface area contributed by atoms with Gasteiger partial charge in [0.15, 0.2) is 5.43 Å². The Labute approximate surface area is 199 Å². The summed E-state index contributed by atoms with van der Waals surface area (Å²) < 4.78 is 17.9. The second-order valence-corrected chi connectivity index (χ2v) is 11.7. The minimum Gasteiger partial charge on any atom is -0.475 e. The van der Waals surface area contributed by atoms with Gasteiger partial charge in [0.05, 0.1) is 5.56 Å². The maximum atomic E-state index is 12.8. The summed E-state index contributed by atoms with van der Waals surface area (Å²) in [7, 11) is 0. The molecule has 1 aromatic heterocycles. The van der Waals surface area contributed by atoms with Crippen LogP contribution in [0.3, 0.4) is 0 Å². The minimum absolute atomic E-state index is 0.0524. The molecule has 2 aliphatic heterocycles. The van der Waals surface area contributed by atoms with Crippen molar-refractivity contribution in [3.8, 4) is 5.95 Å². The quantitative estimate of drug-likeness (QED) is 0.641. The fraction of sp³-hybridized carbons (Fsp3) is 0.731. The number of ether oxygens (including phenoxy) is 2. The van der Waals surface area contributed by atoms with Gasteiger partial charge in [-0.1, -0.05) is 20.8 Å². The molecule has 3 heterocycles. The van der Waals surface area contributed by atoms with Crippen molar-refractivity contribution < 1.29 is 28.6 Å². The molecule has 1 aromatic rings. The van der Waals surface area contributed by atoms with Gasteiger partial charge in [0.25, 0.3) is 5.95 Å². The summed E-state index contributed by atoms with van der Waals surface area (Å²) in [5, 5.41) is 12.5. The number of carbonyl (C=O) groups excluding carboxylic acids is 1. The summed E-state index contributed by atoms with van der Waals surface area (Å²) in [6.45, 7) is 9.63. The van der Waals surface area contributed by atoms with Crippen molar-refractivity contribution in [2.24, 2.45) is 22.7 Å². The Morgan fingerprint density at radius 3 is 2.56 bits per heavy atom. The maximum absolute atomic E-state index is 12.8. The average Bonchev–Trinajstić information content (AvgIpc) is 3.29. The number of hydrogen-bond acceptors (Lipinski definition) is 7. The summed E-state index contributed by atoms with van der Waals surface area (Å²) >= 11 is 0. The number of carboxylic acid groups (broad SMARTS) is 1. The fourth-order valence-corrected chi connectivity index (χ4v) is 7.66. The van der Waals surface area contributed by atoms with Crippen molar-refractivity contribution in [3.63, 3.8) is 0 Å². The van der Waals surface area contributed by atoms with Gasteiger partial charge in [-0.15, -0.1) is 0 Å². The van der Waals surface area contributed by atoms with Gasteiger partial charge in [0.1, 0.15) is 17.7 Å². The third-order valence-corrected chi connectivity index (χ3v) is 9.49. The van der Waals surface area contributed by atoms with E-state index in [0.29, 0.717) is 12.0 Å². The minimum atomic E-state index is -1.28. The molecule has 6 atom stereocenters. The lowest BCUT2D eigenvalue weighted by Gasteiger charge is -2.64. The number of carbonyl (C=O) groups is 2. The van der Waals surface area contributed by atoms with Gasteiger partial charge in [-0.05, 0) is 69.7 Å². The molecule has 2 N–H and O–H groups in total. The number of fused-ring (bicyclic) bond motifs is 4. The molecule has 186 valence electrons. The molecule has 8 heteroatoms. The molecular weight excluding hydrogens is 438 g/mol. The molecule has 8 nitrogen and oxygen atoms in total. The van der Waals surface area contributed by atoms with Crippen LogP contribution in [0.5, 0.6) is 5.95 Å². The number of hydrogen-bond donors (Lipinski definition) is 2. The van der Waals surface area contributed by atoms with Crippen LogP contribution in [-0.2, 0) is 16.0 Å². The Balaban J connectivity index is 1.43. The van der Waals surface area contributed by atoms with Crippen LogP contribution in [0.2, 0.25) is 0 Å². The van der Waals surface area contributed by atoms with Crippen LogP contribution >= 0.6 is 0 Å². The lowest BCUT2D eigenvalue weighted by atomic mass is 9.44. The van der Waals surface area contributed by atoms with E-state index in [0.717, 1.165) is 51.1 Å². The lowest BCUT2D eigenvalue weighted by molar-refractivity contribution is -0.208. The van der Waals surface area contributed by atoms with Crippen LogP contribution in [-0.4, -0.2) is 41.3 Å². The second kappa shape index (κ2) is 7.83. The second-order valence-electron chi connectivity index (χ2n) is 11.7. The van der Waals surface area contributed by atoms with Crippen molar-refractivity contribution >= 4 is 11.9 Å². The zero-order valence-corrected chi connectivity index (χ0v) is 20.4. The monoisotopic (exact) mass is 473 g/mol. The first-order valence-corrected chi connectivity index (χ1v) is 12.5. The molecule has 6 unspecified atom stereocenters. The van der Waals surface area contributed by atoms with Gasteiger partial charge in [0, 0.05) is 17.4 Å². The van der Waals surface area contributed by atoms with E-state index in [9.17, 15) is 19.5 Å². The molecule has 2 aliphatic carbocycles.